The SMILES string of the molecule is CN[C@H](CC(=O)OC)C(=O)O. The molecule has 5 heteroatoms. The molecule has 0 radical (unpaired) electrons. The average Bonchev–Trinajstić information content (AvgIpc) is 1.99. The van der Waals surface area contributed by atoms with E-state index in [4.69, 9.17) is 5.11 Å². The van der Waals surface area contributed by atoms with Gasteiger partial charge in [-0.25, -0.2) is 0 Å². The summed E-state index contributed by atoms with van der Waals surface area (Å²) in [6.07, 6.45) is -0.150. The summed E-state index contributed by atoms with van der Waals surface area (Å²) in [5.41, 5.74) is 0. The molecule has 0 amide bonds. The number of carbonyl (C=O) groups excluding carboxylic acids is 1. The van der Waals surface area contributed by atoms with Crippen LogP contribution in [-0.2, 0) is 14.3 Å². The van der Waals surface area contributed by atoms with Crippen molar-refractivity contribution in [2.45, 2.75) is 12.5 Å². The van der Waals surface area contributed by atoms with Gasteiger partial charge in [-0.1, -0.05) is 0 Å². The summed E-state index contributed by atoms with van der Waals surface area (Å²) in [7, 11) is 2.69. The van der Waals surface area contributed by atoms with Crippen molar-refractivity contribution in [2.75, 3.05) is 14.2 Å². The van der Waals surface area contributed by atoms with E-state index in [1.54, 1.807) is 0 Å². The highest BCUT2D eigenvalue weighted by atomic mass is 16.5. The van der Waals surface area contributed by atoms with Crippen LogP contribution in [0.15, 0.2) is 0 Å². The predicted octanol–water partition coefficient (Wildman–Crippen LogP) is -0.778. The lowest BCUT2D eigenvalue weighted by Gasteiger charge is -2.08. The third-order valence-electron chi connectivity index (χ3n) is 1.25. The van der Waals surface area contributed by atoms with Gasteiger partial charge in [-0.2, -0.15) is 0 Å². The normalized spacial score (nSPS) is 12.2. The third kappa shape index (κ3) is 3.57. The first kappa shape index (κ1) is 9.90. The quantitative estimate of drug-likeness (QED) is 0.529. The molecular formula is C6H11NO4. The maximum atomic E-state index is 10.6. The van der Waals surface area contributed by atoms with Crippen LogP contribution in [0, 0.1) is 0 Å². The largest absolute Gasteiger partial charge is 0.480 e. The number of hydrogen-bond donors (Lipinski definition) is 2. The molecule has 0 unspecified atom stereocenters. The summed E-state index contributed by atoms with van der Waals surface area (Å²) in [5.74, 6) is -1.59. The highest BCUT2D eigenvalue weighted by Crippen LogP contribution is 1.92. The molecule has 1 atom stereocenters. The first-order valence-electron chi connectivity index (χ1n) is 3.08. The number of hydrogen-bond acceptors (Lipinski definition) is 4. The molecule has 0 aromatic rings. The molecule has 0 rings (SSSR count). The van der Waals surface area contributed by atoms with Crippen molar-refractivity contribution < 1.29 is 19.4 Å². The van der Waals surface area contributed by atoms with Gasteiger partial charge in [0.1, 0.15) is 6.04 Å². The number of ether oxygens (including phenoxy) is 1. The molecule has 0 aliphatic heterocycles. The molecule has 0 aromatic carbocycles. The zero-order chi connectivity index (χ0) is 8.85. The topological polar surface area (TPSA) is 75.6 Å². The maximum Gasteiger partial charge on any atom is 0.321 e. The zero-order valence-corrected chi connectivity index (χ0v) is 6.46. The molecule has 0 aliphatic rings. The monoisotopic (exact) mass is 161 g/mol. The minimum absolute atomic E-state index is 0.150. The van der Waals surface area contributed by atoms with Crippen LogP contribution < -0.4 is 5.32 Å². The highest BCUT2D eigenvalue weighted by Gasteiger charge is 2.18. The Balaban J connectivity index is 3.88. The summed E-state index contributed by atoms with van der Waals surface area (Å²) in [5, 5.41) is 10.9. The average molecular weight is 161 g/mol. The molecule has 0 saturated carbocycles. The van der Waals surface area contributed by atoms with Crippen LogP contribution in [0.4, 0.5) is 0 Å². The van der Waals surface area contributed by atoms with Crippen LogP contribution in [0.2, 0.25) is 0 Å². The molecular weight excluding hydrogens is 150 g/mol. The fourth-order valence-corrected chi connectivity index (χ4v) is 0.563. The zero-order valence-electron chi connectivity index (χ0n) is 6.46. The lowest BCUT2D eigenvalue weighted by atomic mass is 10.2. The molecule has 0 fully saturated rings. The predicted molar refractivity (Wildman–Crippen MR) is 37.1 cm³/mol. The molecule has 11 heavy (non-hydrogen) atoms. The van der Waals surface area contributed by atoms with E-state index in [0.29, 0.717) is 0 Å². The lowest BCUT2D eigenvalue weighted by Crippen LogP contribution is -2.36. The molecule has 5 nitrogen and oxygen atoms in total. The van der Waals surface area contributed by atoms with Crippen molar-refractivity contribution in [2.24, 2.45) is 0 Å². The molecule has 0 saturated heterocycles. The number of methoxy groups -OCH3 is 1. The Labute approximate surface area is 64.3 Å². The second-order valence-electron chi connectivity index (χ2n) is 1.96. The van der Waals surface area contributed by atoms with E-state index in [1.165, 1.54) is 14.2 Å². The number of aliphatic carboxylic acids is 1. The number of nitrogens with one attached hydrogen (secondary N) is 1. The molecule has 2 N–H and O–H groups in total. The number of carboxylic acids is 1. The highest BCUT2D eigenvalue weighted by molar-refractivity contribution is 5.81. The summed E-state index contributed by atoms with van der Waals surface area (Å²) in [4.78, 5) is 20.9. The summed E-state index contributed by atoms with van der Waals surface area (Å²) in [6, 6.07) is -0.859. The number of esters is 1. The summed E-state index contributed by atoms with van der Waals surface area (Å²) < 4.78 is 4.29. The number of carbonyl (C=O) groups is 2. The van der Waals surface area contributed by atoms with E-state index >= 15 is 0 Å². The van der Waals surface area contributed by atoms with Gasteiger partial charge >= 0.3 is 11.9 Å². The molecule has 0 aliphatic carbocycles. The van der Waals surface area contributed by atoms with Gasteiger partial charge in [-0.15, -0.1) is 0 Å². The van der Waals surface area contributed by atoms with Crippen LogP contribution in [0.1, 0.15) is 6.42 Å². The van der Waals surface area contributed by atoms with E-state index in [9.17, 15) is 9.59 Å². The van der Waals surface area contributed by atoms with Crippen LogP contribution in [0.3, 0.4) is 0 Å². The van der Waals surface area contributed by atoms with Crippen molar-refractivity contribution in [1.82, 2.24) is 5.32 Å². The first-order chi connectivity index (χ1) is 5.11. The molecule has 0 aromatic heterocycles. The summed E-state index contributed by atoms with van der Waals surface area (Å²) >= 11 is 0. The number of rotatable bonds is 4. The van der Waals surface area contributed by atoms with Crippen molar-refractivity contribution >= 4 is 11.9 Å². The van der Waals surface area contributed by atoms with E-state index in [2.05, 4.69) is 10.1 Å². The summed E-state index contributed by atoms with van der Waals surface area (Å²) in [6.45, 7) is 0. The third-order valence-corrected chi connectivity index (χ3v) is 1.25. The molecule has 0 spiro atoms. The van der Waals surface area contributed by atoms with Gasteiger partial charge in [0.05, 0.1) is 13.5 Å². The van der Waals surface area contributed by atoms with Crippen molar-refractivity contribution in [3.63, 3.8) is 0 Å². The smallest absolute Gasteiger partial charge is 0.321 e. The Morgan fingerprint density at radius 1 is 1.64 bits per heavy atom. The van der Waals surface area contributed by atoms with Crippen molar-refractivity contribution in [1.29, 1.82) is 0 Å². The fourth-order valence-electron chi connectivity index (χ4n) is 0.563. The van der Waals surface area contributed by atoms with Crippen molar-refractivity contribution in [3.8, 4) is 0 Å². The van der Waals surface area contributed by atoms with Gasteiger partial charge < -0.3 is 15.2 Å². The Hall–Kier alpha value is -1.10. The molecule has 64 valence electrons. The second-order valence-corrected chi connectivity index (χ2v) is 1.96. The van der Waals surface area contributed by atoms with Crippen LogP contribution >= 0.6 is 0 Å². The van der Waals surface area contributed by atoms with Gasteiger partial charge in [0.25, 0.3) is 0 Å². The van der Waals surface area contributed by atoms with Gasteiger partial charge in [0.2, 0.25) is 0 Å². The van der Waals surface area contributed by atoms with Gasteiger partial charge in [0.15, 0.2) is 0 Å². The van der Waals surface area contributed by atoms with Crippen LogP contribution in [0.5, 0.6) is 0 Å². The Morgan fingerprint density at radius 2 is 2.18 bits per heavy atom. The Morgan fingerprint density at radius 3 is 2.45 bits per heavy atom. The Bertz CT molecular complexity index is 157. The van der Waals surface area contributed by atoms with E-state index in [0.717, 1.165) is 0 Å². The van der Waals surface area contributed by atoms with Gasteiger partial charge in [-0.05, 0) is 7.05 Å². The van der Waals surface area contributed by atoms with Crippen molar-refractivity contribution in [3.05, 3.63) is 0 Å². The maximum absolute atomic E-state index is 10.6. The van der Waals surface area contributed by atoms with E-state index in [1.807, 2.05) is 0 Å². The Kier molecular flexibility index (Phi) is 4.21. The first-order valence-corrected chi connectivity index (χ1v) is 3.08. The van der Waals surface area contributed by atoms with Crippen LogP contribution in [0.25, 0.3) is 0 Å². The number of carboxylic acid groups (broad SMARTS) is 1. The minimum Gasteiger partial charge on any atom is -0.480 e. The van der Waals surface area contributed by atoms with Crippen LogP contribution in [-0.4, -0.2) is 37.2 Å². The van der Waals surface area contributed by atoms with Gasteiger partial charge in [0, 0.05) is 0 Å². The van der Waals surface area contributed by atoms with E-state index in [-0.39, 0.29) is 6.42 Å². The minimum atomic E-state index is -1.06. The van der Waals surface area contributed by atoms with E-state index < -0.39 is 18.0 Å². The standard InChI is InChI=1S/C6H11NO4/c1-7-4(6(9)10)3-5(8)11-2/h4,7H,3H2,1-2H3,(H,9,10)/t4-/m1/s1. The molecule has 0 bridgehead atoms. The lowest BCUT2D eigenvalue weighted by molar-refractivity contribution is -0.147. The van der Waals surface area contributed by atoms with Gasteiger partial charge in [-0.3, -0.25) is 9.59 Å². The fraction of sp³-hybridized carbons (Fsp3) is 0.667. The second kappa shape index (κ2) is 4.68. The number of likely N-dealkylation sites (N-methyl/N-ethyl adjacent to an activating group) is 1. The molecule has 0 heterocycles.